The lowest BCUT2D eigenvalue weighted by molar-refractivity contribution is 0.0488. The molecule has 94 valence electrons. The summed E-state index contributed by atoms with van der Waals surface area (Å²) in [5.41, 5.74) is 1.26. The minimum atomic E-state index is -0.400. The Balaban J connectivity index is 1.93. The molecule has 0 amide bonds. The molecule has 18 heavy (non-hydrogen) atoms. The Morgan fingerprint density at radius 1 is 1.11 bits per heavy atom. The number of esters is 1. The van der Waals surface area contributed by atoms with Crippen LogP contribution in [0, 0.1) is 0 Å². The molecule has 0 N–H and O–H groups in total. The molecule has 0 saturated carbocycles. The Morgan fingerprint density at radius 2 is 1.89 bits per heavy atom. The summed E-state index contributed by atoms with van der Waals surface area (Å²) >= 11 is 0. The Morgan fingerprint density at radius 3 is 2.61 bits per heavy atom. The molecule has 2 aromatic rings. The predicted octanol–water partition coefficient (Wildman–Crippen LogP) is 3.24. The van der Waals surface area contributed by atoms with Crippen molar-refractivity contribution < 1.29 is 13.9 Å². The van der Waals surface area contributed by atoms with Crippen molar-refractivity contribution in [3.05, 3.63) is 59.5 Å². The van der Waals surface area contributed by atoms with Gasteiger partial charge in [-0.3, -0.25) is 0 Å². The Labute approximate surface area is 106 Å². The number of furan rings is 1. The first kappa shape index (κ1) is 12.4. The van der Waals surface area contributed by atoms with Crippen LogP contribution in [0.25, 0.3) is 0 Å². The minimum Gasteiger partial charge on any atom is -0.460 e. The van der Waals surface area contributed by atoms with Crippen molar-refractivity contribution in [2.75, 3.05) is 6.61 Å². The summed E-state index contributed by atoms with van der Waals surface area (Å²) < 4.78 is 10.3. The van der Waals surface area contributed by atoms with Crippen LogP contribution in [0.1, 0.15) is 28.8 Å². The molecule has 1 aromatic heterocycles. The van der Waals surface area contributed by atoms with E-state index in [0.717, 1.165) is 18.6 Å². The topological polar surface area (TPSA) is 39.4 Å². The number of hydrogen-bond acceptors (Lipinski definition) is 3. The molecule has 0 radical (unpaired) electrons. The maximum atomic E-state index is 11.4. The summed E-state index contributed by atoms with van der Waals surface area (Å²) in [6.07, 6.45) is 1.68. The molecule has 0 aliphatic heterocycles. The number of carbonyl (C=O) groups is 1. The summed E-state index contributed by atoms with van der Waals surface area (Å²) in [6.45, 7) is 2.13. The van der Waals surface area contributed by atoms with Gasteiger partial charge < -0.3 is 9.15 Å². The zero-order valence-corrected chi connectivity index (χ0v) is 10.4. The van der Waals surface area contributed by atoms with Gasteiger partial charge in [-0.05, 0) is 31.0 Å². The SMILES string of the molecule is CCOC(=O)c1ccc(CCc2ccccc2)o1. The van der Waals surface area contributed by atoms with Crippen molar-refractivity contribution >= 4 is 5.97 Å². The molecule has 0 bridgehead atoms. The maximum absolute atomic E-state index is 11.4. The second-order valence-electron chi connectivity index (χ2n) is 3.97. The minimum absolute atomic E-state index is 0.278. The smallest absolute Gasteiger partial charge is 0.374 e. The summed E-state index contributed by atoms with van der Waals surface area (Å²) in [5, 5.41) is 0. The van der Waals surface area contributed by atoms with Gasteiger partial charge in [0.2, 0.25) is 5.76 Å². The molecular formula is C15H16O3. The van der Waals surface area contributed by atoms with E-state index in [-0.39, 0.29) is 5.76 Å². The molecule has 0 aliphatic carbocycles. The number of aryl methyl sites for hydroxylation is 2. The van der Waals surface area contributed by atoms with E-state index in [4.69, 9.17) is 9.15 Å². The van der Waals surface area contributed by atoms with Crippen molar-refractivity contribution in [3.63, 3.8) is 0 Å². The Bertz CT molecular complexity index is 499. The fraction of sp³-hybridized carbons (Fsp3) is 0.267. The van der Waals surface area contributed by atoms with Crippen molar-refractivity contribution in [1.82, 2.24) is 0 Å². The van der Waals surface area contributed by atoms with Gasteiger partial charge in [0.25, 0.3) is 0 Å². The zero-order chi connectivity index (χ0) is 12.8. The van der Waals surface area contributed by atoms with Crippen molar-refractivity contribution in [2.45, 2.75) is 19.8 Å². The third-order valence-corrected chi connectivity index (χ3v) is 2.64. The van der Waals surface area contributed by atoms with Crippen LogP contribution in [0.2, 0.25) is 0 Å². The quantitative estimate of drug-likeness (QED) is 0.758. The molecular weight excluding hydrogens is 228 g/mol. The van der Waals surface area contributed by atoms with Crippen LogP contribution in [-0.2, 0) is 17.6 Å². The first-order valence-electron chi connectivity index (χ1n) is 6.09. The zero-order valence-electron chi connectivity index (χ0n) is 10.4. The van der Waals surface area contributed by atoms with Gasteiger partial charge in [-0.25, -0.2) is 4.79 Å². The molecule has 2 rings (SSSR count). The Hall–Kier alpha value is -2.03. The largest absolute Gasteiger partial charge is 0.460 e. The first-order chi connectivity index (χ1) is 8.79. The van der Waals surface area contributed by atoms with E-state index in [9.17, 15) is 4.79 Å². The van der Waals surface area contributed by atoms with Gasteiger partial charge in [0.1, 0.15) is 5.76 Å². The van der Waals surface area contributed by atoms with Crippen LogP contribution >= 0.6 is 0 Å². The highest BCUT2D eigenvalue weighted by Gasteiger charge is 2.11. The van der Waals surface area contributed by atoms with Crippen molar-refractivity contribution in [2.24, 2.45) is 0 Å². The van der Waals surface area contributed by atoms with Crippen molar-refractivity contribution in [3.8, 4) is 0 Å². The summed E-state index contributed by atoms with van der Waals surface area (Å²) in [6, 6.07) is 13.7. The van der Waals surface area contributed by atoms with Gasteiger partial charge in [0, 0.05) is 6.42 Å². The Kier molecular flexibility index (Phi) is 4.18. The second-order valence-corrected chi connectivity index (χ2v) is 3.97. The number of rotatable bonds is 5. The van der Waals surface area contributed by atoms with Gasteiger partial charge in [-0.1, -0.05) is 30.3 Å². The lowest BCUT2D eigenvalue weighted by Gasteiger charge is -1.99. The van der Waals surface area contributed by atoms with E-state index >= 15 is 0 Å². The van der Waals surface area contributed by atoms with Crippen LogP contribution in [0.3, 0.4) is 0 Å². The van der Waals surface area contributed by atoms with E-state index in [0.29, 0.717) is 6.61 Å². The van der Waals surface area contributed by atoms with Gasteiger partial charge in [0.15, 0.2) is 0 Å². The fourth-order valence-corrected chi connectivity index (χ4v) is 1.74. The normalized spacial score (nSPS) is 10.3. The van der Waals surface area contributed by atoms with Crippen molar-refractivity contribution in [1.29, 1.82) is 0 Å². The van der Waals surface area contributed by atoms with Crippen LogP contribution in [0.4, 0.5) is 0 Å². The molecule has 1 heterocycles. The highest BCUT2D eigenvalue weighted by atomic mass is 16.5. The fourth-order valence-electron chi connectivity index (χ4n) is 1.74. The average Bonchev–Trinajstić information content (AvgIpc) is 2.87. The lowest BCUT2D eigenvalue weighted by Crippen LogP contribution is -2.02. The van der Waals surface area contributed by atoms with Crippen LogP contribution in [-0.4, -0.2) is 12.6 Å². The van der Waals surface area contributed by atoms with E-state index in [2.05, 4.69) is 12.1 Å². The van der Waals surface area contributed by atoms with Gasteiger partial charge in [0.05, 0.1) is 6.61 Å². The number of carbonyl (C=O) groups excluding carboxylic acids is 1. The maximum Gasteiger partial charge on any atom is 0.374 e. The molecule has 0 unspecified atom stereocenters. The second kappa shape index (κ2) is 6.05. The number of benzene rings is 1. The third-order valence-electron chi connectivity index (χ3n) is 2.64. The number of hydrogen-bond donors (Lipinski definition) is 0. The van der Waals surface area contributed by atoms with E-state index in [1.165, 1.54) is 5.56 Å². The predicted molar refractivity (Wildman–Crippen MR) is 68.5 cm³/mol. The highest BCUT2D eigenvalue weighted by molar-refractivity contribution is 5.86. The average molecular weight is 244 g/mol. The highest BCUT2D eigenvalue weighted by Crippen LogP contribution is 2.12. The molecule has 3 heteroatoms. The standard InChI is InChI=1S/C15H16O3/c1-2-17-15(16)14-11-10-13(18-14)9-8-12-6-4-3-5-7-12/h3-7,10-11H,2,8-9H2,1H3. The molecule has 0 saturated heterocycles. The summed E-state index contributed by atoms with van der Waals surface area (Å²) in [7, 11) is 0. The van der Waals surface area contributed by atoms with Gasteiger partial charge >= 0.3 is 5.97 Å². The van der Waals surface area contributed by atoms with Gasteiger partial charge in [-0.15, -0.1) is 0 Å². The van der Waals surface area contributed by atoms with Gasteiger partial charge in [-0.2, -0.15) is 0 Å². The molecule has 0 aliphatic rings. The molecule has 1 aromatic carbocycles. The number of ether oxygens (including phenoxy) is 1. The van der Waals surface area contributed by atoms with Crippen LogP contribution in [0.15, 0.2) is 46.9 Å². The van der Waals surface area contributed by atoms with E-state index < -0.39 is 5.97 Å². The first-order valence-corrected chi connectivity index (χ1v) is 6.09. The molecule has 0 atom stereocenters. The van der Waals surface area contributed by atoms with Crippen LogP contribution < -0.4 is 0 Å². The molecule has 0 fully saturated rings. The monoisotopic (exact) mass is 244 g/mol. The lowest BCUT2D eigenvalue weighted by atomic mass is 10.1. The summed E-state index contributed by atoms with van der Waals surface area (Å²) in [5.74, 6) is 0.685. The molecule has 0 spiro atoms. The summed E-state index contributed by atoms with van der Waals surface area (Å²) in [4.78, 5) is 11.4. The van der Waals surface area contributed by atoms with Crippen LogP contribution in [0.5, 0.6) is 0 Å². The van der Waals surface area contributed by atoms with E-state index in [1.54, 1.807) is 13.0 Å². The third kappa shape index (κ3) is 3.23. The van der Waals surface area contributed by atoms with E-state index in [1.807, 2.05) is 24.3 Å². The molecule has 3 nitrogen and oxygen atoms in total.